The molecule has 0 saturated carbocycles. The van der Waals surface area contributed by atoms with E-state index in [9.17, 15) is 0 Å². The maximum absolute atomic E-state index is 5.33. The lowest BCUT2D eigenvalue weighted by molar-refractivity contribution is 0.355. The molecule has 1 aliphatic rings. The number of ether oxygens (including phenoxy) is 2. The predicted molar refractivity (Wildman–Crippen MR) is 85.5 cm³/mol. The molecule has 1 heterocycles. The molecule has 0 spiro atoms. The van der Waals surface area contributed by atoms with Gasteiger partial charge in [0.05, 0.1) is 14.2 Å². The van der Waals surface area contributed by atoms with Gasteiger partial charge in [0, 0.05) is 30.5 Å². The van der Waals surface area contributed by atoms with Gasteiger partial charge in [0.2, 0.25) is 0 Å². The highest BCUT2D eigenvalue weighted by atomic mass is 16.5. The highest BCUT2D eigenvalue weighted by molar-refractivity contribution is 5.62. The van der Waals surface area contributed by atoms with Crippen LogP contribution >= 0.6 is 0 Å². The van der Waals surface area contributed by atoms with Gasteiger partial charge in [-0.25, -0.2) is 0 Å². The molecule has 0 amide bonds. The fourth-order valence-corrected chi connectivity index (χ4v) is 2.70. The Labute approximate surface area is 125 Å². The number of hydrogen-bond acceptors (Lipinski definition) is 4. The number of benzene rings is 2. The number of fused-ring (bicyclic) bond motifs is 1. The van der Waals surface area contributed by atoms with Crippen molar-refractivity contribution in [2.45, 2.75) is 13.0 Å². The summed E-state index contributed by atoms with van der Waals surface area (Å²) in [4.78, 5) is 0. The Balaban J connectivity index is 1.75. The van der Waals surface area contributed by atoms with Crippen molar-refractivity contribution in [3.05, 3.63) is 47.5 Å². The quantitative estimate of drug-likeness (QED) is 0.884. The molecular formula is C17H20N2O2. The first-order chi connectivity index (χ1) is 10.3. The average molecular weight is 284 g/mol. The Kier molecular flexibility index (Phi) is 3.86. The van der Waals surface area contributed by atoms with Gasteiger partial charge in [0.15, 0.2) is 11.5 Å². The SMILES string of the molecule is COc1ccc(NCc2cccc3c2NCC3)cc1OC. The Morgan fingerprint density at radius 3 is 2.76 bits per heavy atom. The normalized spacial score (nSPS) is 12.5. The van der Waals surface area contributed by atoms with Crippen molar-refractivity contribution in [2.75, 3.05) is 31.4 Å². The highest BCUT2D eigenvalue weighted by Gasteiger charge is 2.13. The van der Waals surface area contributed by atoms with Crippen LogP contribution < -0.4 is 20.1 Å². The van der Waals surface area contributed by atoms with Crippen LogP contribution in [0.5, 0.6) is 11.5 Å². The lowest BCUT2D eigenvalue weighted by atomic mass is 10.1. The van der Waals surface area contributed by atoms with Crippen molar-refractivity contribution in [3.63, 3.8) is 0 Å². The third kappa shape index (κ3) is 2.75. The first-order valence-electron chi connectivity index (χ1n) is 7.12. The summed E-state index contributed by atoms with van der Waals surface area (Å²) in [6, 6.07) is 12.3. The maximum Gasteiger partial charge on any atom is 0.162 e. The second kappa shape index (κ2) is 5.95. The van der Waals surface area contributed by atoms with E-state index in [1.807, 2.05) is 18.2 Å². The van der Waals surface area contributed by atoms with E-state index in [2.05, 4.69) is 28.8 Å². The molecule has 2 aromatic rings. The van der Waals surface area contributed by atoms with Gasteiger partial charge in [-0.3, -0.25) is 0 Å². The van der Waals surface area contributed by atoms with Crippen LogP contribution in [0.4, 0.5) is 11.4 Å². The number of nitrogens with one attached hydrogen (secondary N) is 2. The molecule has 110 valence electrons. The minimum absolute atomic E-state index is 0.735. The number of anilines is 2. The molecule has 2 N–H and O–H groups in total. The molecule has 1 aliphatic heterocycles. The lowest BCUT2D eigenvalue weighted by Gasteiger charge is -2.13. The molecule has 0 saturated heterocycles. The van der Waals surface area contributed by atoms with Crippen LogP contribution in [0.2, 0.25) is 0 Å². The van der Waals surface area contributed by atoms with Gasteiger partial charge < -0.3 is 20.1 Å². The summed E-state index contributed by atoms with van der Waals surface area (Å²) in [7, 11) is 3.29. The summed E-state index contributed by atoms with van der Waals surface area (Å²) < 4.78 is 10.6. The molecule has 0 radical (unpaired) electrons. The molecule has 4 heteroatoms. The molecule has 0 fully saturated rings. The summed E-state index contributed by atoms with van der Waals surface area (Å²) in [5.41, 5.74) is 5.00. The van der Waals surface area contributed by atoms with E-state index in [1.54, 1.807) is 14.2 Å². The van der Waals surface area contributed by atoms with Crippen molar-refractivity contribution >= 4 is 11.4 Å². The van der Waals surface area contributed by atoms with E-state index in [0.29, 0.717) is 0 Å². The molecule has 0 aromatic heterocycles. The molecule has 3 rings (SSSR count). The zero-order valence-electron chi connectivity index (χ0n) is 12.4. The van der Waals surface area contributed by atoms with Gasteiger partial charge in [-0.05, 0) is 29.7 Å². The molecule has 21 heavy (non-hydrogen) atoms. The van der Waals surface area contributed by atoms with Gasteiger partial charge >= 0.3 is 0 Å². The number of rotatable bonds is 5. The van der Waals surface area contributed by atoms with Crippen molar-refractivity contribution in [3.8, 4) is 11.5 Å². The van der Waals surface area contributed by atoms with Crippen LogP contribution in [0, 0.1) is 0 Å². The fourth-order valence-electron chi connectivity index (χ4n) is 2.70. The zero-order valence-corrected chi connectivity index (χ0v) is 12.4. The van der Waals surface area contributed by atoms with Crippen LogP contribution in [-0.2, 0) is 13.0 Å². The highest BCUT2D eigenvalue weighted by Crippen LogP contribution is 2.31. The van der Waals surface area contributed by atoms with Gasteiger partial charge in [-0.1, -0.05) is 18.2 Å². The van der Waals surface area contributed by atoms with E-state index >= 15 is 0 Å². The smallest absolute Gasteiger partial charge is 0.162 e. The summed E-state index contributed by atoms with van der Waals surface area (Å²) in [5.74, 6) is 1.48. The molecule has 4 nitrogen and oxygen atoms in total. The summed E-state index contributed by atoms with van der Waals surface area (Å²) in [6.45, 7) is 1.81. The third-order valence-corrected chi connectivity index (χ3v) is 3.80. The van der Waals surface area contributed by atoms with E-state index < -0.39 is 0 Å². The number of hydrogen-bond donors (Lipinski definition) is 2. The fraction of sp³-hybridized carbons (Fsp3) is 0.294. The Hall–Kier alpha value is -2.36. The van der Waals surface area contributed by atoms with Crippen molar-refractivity contribution in [1.82, 2.24) is 0 Å². The largest absolute Gasteiger partial charge is 0.493 e. The Morgan fingerprint density at radius 1 is 1.10 bits per heavy atom. The first-order valence-corrected chi connectivity index (χ1v) is 7.12. The van der Waals surface area contributed by atoms with Crippen molar-refractivity contribution in [2.24, 2.45) is 0 Å². The van der Waals surface area contributed by atoms with Crippen molar-refractivity contribution in [1.29, 1.82) is 0 Å². The van der Waals surface area contributed by atoms with Crippen molar-refractivity contribution < 1.29 is 9.47 Å². The standard InChI is InChI=1S/C17H20N2O2/c1-20-15-7-6-14(10-16(15)21-2)19-11-13-5-3-4-12-8-9-18-17(12)13/h3-7,10,18-19H,8-9,11H2,1-2H3. The number of methoxy groups -OCH3 is 2. The second-order valence-electron chi connectivity index (χ2n) is 5.05. The van der Waals surface area contributed by atoms with E-state index in [1.165, 1.54) is 16.8 Å². The lowest BCUT2D eigenvalue weighted by Crippen LogP contribution is -2.03. The topological polar surface area (TPSA) is 42.5 Å². The zero-order chi connectivity index (χ0) is 14.7. The summed E-state index contributed by atoms with van der Waals surface area (Å²) in [5, 5.41) is 6.90. The van der Waals surface area contributed by atoms with Gasteiger partial charge in [0.25, 0.3) is 0 Å². The van der Waals surface area contributed by atoms with Gasteiger partial charge in [0.1, 0.15) is 0 Å². The van der Waals surface area contributed by atoms with Crippen LogP contribution in [-0.4, -0.2) is 20.8 Å². The van der Waals surface area contributed by atoms with Crippen LogP contribution in [0.25, 0.3) is 0 Å². The first kappa shape index (κ1) is 13.6. The summed E-state index contributed by atoms with van der Waals surface area (Å²) in [6.07, 6.45) is 1.11. The molecular weight excluding hydrogens is 264 g/mol. The number of para-hydroxylation sites is 1. The Morgan fingerprint density at radius 2 is 1.95 bits per heavy atom. The monoisotopic (exact) mass is 284 g/mol. The van der Waals surface area contributed by atoms with Crippen LogP contribution in [0.1, 0.15) is 11.1 Å². The second-order valence-corrected chi connectivity index (χ2v) is 5.05. The van der Waals surface area contributed by atoms with Gasteiger partial charge in [-0.2, -0.15) is 0 Å². The van der Waals surface area contributed by atoms with Gasteiger partial charge in [-0.15, -0.1) is 0 Å². The molecule has 2 aromatic carbocycles. The van der Waals surface area contributed by atoms with E-state index in [0.717, 1.165) is 36.7 Å². The minimum atomic E-state index is 0.735. The molecule has 0 bridgehead atoms. The Bertz CT molecular complexity index is 641. The minimum Gasteiger partial charge on any atom is -0.493 e. The average Bonchev–Trinajstić information content (AvgIpc) is 3.01. The third-order valence-electron chi connectivity index (χ3n) is 3.80. The van der Waals surface area contributed by atoms with Crippen LogP contribution in [0.3, 0.4) is 0 Å². The molecule has 0 unspecified atom stereocenters. The summed E-state index contributed by atoms with van der Waals surface area (Å²) >= 11 is 0. The van der Waals surface area contributed by atoms with E-state index in [4.69, 9.17) is 9.47 Å². The predicted octanol–water partition coefficient (Wildman–Crippen LogP) is 3.28. The maximum atomic E-state index is 5.33. The molecule has 0 aliphatic carbocycles. The molecule has 0 atom stereocenters. The van der Waals surface area contributed by atoms with E-state index in [-0.39, 0.29) is 0 Å². The van der Waals surface area contributed by atoms with Crippen LogP contribution in [0.15, 0.2) is 36.4 Å².